The predicted molar refractivity (Wildman–Crippen MR) is 48.9 cm³/mol. The van der Waals surface area contributed by atoms with Crippen molar-refractivity contribution < 1.29 is 22.1 Å². The van der Waals surface area contributed by atoms with Gasteiger partial charge in [-0.05, 0) is 6.07 Å². The van der Waals surface area contributed by atoms with Crippen LogP contribution in [0, 0.1) is 10.1 Å². The van der Waals surface area contributed by atoms with Crippen LogP contribution in [0.5, 0.6) is 0 Å². The normalized spacial score (nSPS) is 11.8. The maximum absolute atomic E-state index is 12.2. The van der Waals surface area contributed by atoms with Crippen molar-refractivity contribution in [1.82, 2.24) is 4.98 Å². The molecule has 0 N–H and O–H groups in total. The molecule has 0 fully saturated rings. The highest BCUT2D eigenvalue weighted by molar-refractivity contribution is 8.13. The van der Waals surface area contributed by atoms with Crippen molar-refractivity contribution in [3.05, 3.63) is 28.1 Å². The van der Waals surface area contributed by atoms with Crippen LogP contribution in [-0.2, 0) is 9.05 Å². The lowest BCUT2D eigenvalue weighted by atomic mass is 10.3. The highest BCUT2D eigenvalue weighted by Crippen LogP contribution is 2.29. The van der Waals surface area contributed by atoms with E-state index in [1.807, 2.05) is 0 Å². The number of halogens is 3. The zero-order valence-corrected chi connectivity index (χ0v) is 8.87. The fourth-order valence-corrected chi connectivity index (χ4v) is 1.91. The summed E-state index contributed by atoms with van der Waals surface area (Å²) in [6.07, 6.45) is -2.62. The molecule has 1 aromatic rings. The molecule has 0 aromatic carbocycles. The Morgan fingerprint density at radius 2 is 2.06 bits per heavy atom. The zero-order chi connectivity index (χ0) is 12.5. The Hall–Kier alpha value is -1.35. The molecule has 0 aliphatic heterocycles. The van der Waals surface area contributed by atoms with E-state index in [9.17, 15) is 27.3 Å². The number of aromatic nitrogens is 1. The Kier molecular flexibility index (Phi) is 3.38. The standard InChI is InChI=1S/C6H3ClF2N2O4S/c7-16(14,15)5-1-3(6(8)9)10-2-4(5)11(12)13/h1-2,6H. The fourth-order valence-electron chi connectivity index (χ4n) is 0.897. The molecule has 1 rings (SSSR count). The number of hydrogen-bond donors (Lipinski definition) is 0. The Labute approximate surface area is 92.4 Å². The van der Waals surface area contributed by atoms with Crippen molar-refractivity contribution in [3.8, 4) is 0 Å². The van der Waals surface area contributed by atoms with E-state index in [1.54, 1.807) is 0 Å². The van der Waals surface area contributed by atoms with Gasteiger partial charge in [-0.3, -0.25) is 10.1 Å². The second kappa shape index (κ2) is 4.26. The molecule has 10 heteroatoms. The van der Waals surface area contributed by atoms with Gasteiger partial charge in [-0.15, -0.1) is 0 Å². The van der Waals surface area contributed by atoms with Crippen LogP contribution < -0.4 is 0 Å². The molecular formula is C6H3ClF2N2O4S. The van der Waals surface area contributed by atoms with Crippen LogP contribution in [0.3, 0.4) is 0 Å². The Morgan fingerprint density at radius 3 is 2.44 bits per heavy atom. The molecule has 0 aliphatic carbocycles. The van der Waals surface area contributed by atoms with E-state index in [4.69, 9.17) is 10.7 Å². The van der Waals surface area contributed by atoms with E-state index in [1.165, 1.54) is 0 Å². The molecule has 0 atom stereocenters. The van der Waals surface area contributed by atoms with Crippen LogP contribution in [0.4, 0.5) is 14.5 Å². The van der Waals surface area contributed by atoms with Gasteiger partial charge in [0.05, 0.1) is 4.92 Å². The van der Waals surface area contributed by atoms with Crippen molar-refractivity contribution in [3.63, 3.8) is 0 Å². The quantitative estimate of drug-likeness (QED) is 0.476. The van der Waals surface area contributed by atoms with Crippen LogP contribution in [0.2, 0.25) is 0 Å². The molecule has 0 radical (unpaired) electrons. The maximum Gasteiger partial charge on any atom is 0.307 e. The first-order valence-corrected chi connectivity index (χ1v) is 5.91. The summed E-state index contributed by atoms with van der Waals surface area (Å²) < 4.78 is 46.2. The van der Waals surface area contributed by atoms with Gasteiger partial charge in [0.1, 0.15) is 11.9 Å². The number of pyridine rings is 1. The molecule has 0 unspecified atom stereocenters. The average molecular weight is 273 g/mol. The number of nitro groups is 1. The van der Waals surface area contributed by atoms with Gasteiger partial charge in [0.25, 0.3) is 15.5 Å². The van der Waals surface area contributed by atoms with Crippen molar-refractivity contribution >= 4 is 25.4 Å². The van der Waals surface area contributed by atoms with Gasteiger partial charge in [-0.2, -0.15) is 0 Å². The molecule has 0 spiro atoms. The van der Waals surface area contributed by atoms with E-state index in [0.717, 1.165) is 0 Å². The van der Waals surface area contributed by atoms with Crippen LogP contribution >= 0.6 is 10.7 Å². The lowest BCUT2D eigenvalue weighted by molar-refractivity contribution is -0.388. The molecule has 16 heavy (non-hydrogen) atoms. The third-order valence-corrected chi connectivity index (χ3v) is 2.90. The summed E-state index contributed by atoms with van der Waals surface area (Å²) in [5, 5.41) is 10.4. The third kappa shape index (κ3) is 2.61. The van der Waals surface area contributed by atoms with Gasteiger partial charge in [-0.1, -0.05) is 0 Å². The van der Waals surface area contributed by atoms with Gasteiger partial charge in [0, 0.05) is 10.7 Å². The third-order valence-electron chi connectivity index (χ3n) is 1.55. The second-order valence-corrected chi connectivity index (χ2v) is 5.11. The number of hydrogen-bond acceptors (Lipinski definition) is 5. The van der Waals surface area contributed by atoms with Crippen molar-refractivity contribution in [2.45, 2.75) is 11.3 Å². The summed E-state index contributed by atoms with van der Waals surface area (Å²) in [5.74, 6) is 0. The second-order valence-electron chi connectivity index (χ2n) is 2.57. The molecule has 88 valence electrons. The first-order chi connectivity index (χ1) is 7.23. The molecule has 6 nitrogen and oxygen atoms in total. The largest absolute Gasteiger partial charge is 0.307 e. The average Bonchev–Trinajstić information content (AvgIpc) is 2.15. The van der Waals surface area contributed by atoms with Gasteiger partial charge >= 0.3 is 5.69 Å². The van der Waals surface area contributed by atoms with Crippen LogP contribution in [0.1, 0.15) is 12.1 Å². The number of nitrogens with zero attached hydrogens (tertiary/aromatic N) is 2. The summed E-state index contributed by atoms with van der Waals surface area (Å²) >= 11 is 0. The summed E-state index contributed by atoms with van der Waals surface area (Å²) in [5.41, 5.74) is -1.84. The van der Waals surface area contributed by atoms with E-state index in [-0.39, 0.29) is 0 Å². The molecule has 0 amide bonds. The van der Waals surface area contributed by atoms with E-state index >= 15 is 0 Å². The van der Waals surface area contributed by atoms with E-state index in [2.05, 4.69) is 4.98 Å². The number of alkyl halides is 2. The topological polar surface area (TPSA) is 90.2 Å². The molecule has 0 aliphatic rings. The summed E-state index contributed by atoms with van der Waals surface area (Å²) in [6.45, 7) is 0. The molecule has 1 heterocycles. The lowest BCUT2D eigenvalue weighted by Gasteiger charge is -2.01. The smallest absolute Gasteiger partial charge is 0.258 e. The minimum absolute atomic E-state index is 0.380. The first kappa shape index (κ1) is 12.7. The van der Waals surface area contributed by atoms with Crippen molar-refractivity contribution in [2.75, 3.05) is 0 Å². The predicted octanol–water partition coefficient (Wildman–Crippen LogP) is 1.85. The minimum Gasteiger partial charge on any atom is -0.258 e. The lowest BCUT2D eigenvalue weighted by Crippen LogP contribution is -2.02. The highest BCUT2D eigenvalue weighted by Gasteiger charge is 2.26. The fraction of sp³-hybridized carbons (Fsp3) is 0.167. The van der Waals surface area contributed by atoms with Gasteiger partial charge < -0.3 is 0 Å². The Bertz CT molecular complexity index is 533. The molecule has 0 saturated heterocycles. The van der Waals surface area contributed by atoms with Crippen molar-refractivity contribution in [1.29, 1.82) is 0 Å². The monoisotopic (exact) mass is 272 g/mol. The summed E-state index contributed by atoms with van der Waals surface area (Å²) in [4.78, 5) is 11.4. The van der Waals surface area contributed by atoms with Crippen LogP contribution in [-0.4, -0.2) is 18.3 Å². The molecule has 1 aromatic heterocycles. The number of rotatable bonds is 3. The molecular weight excluding hydrogens is 270 g/mol. The maximum atomic E-state index is 12.2. The summed E-state index contributed by atoms with van der Waals surface area (Å²) in [6, 6.07) is 0.380. The minimum atomic E-state index is -4.48. The van der Waals surface area contributed by atoms with Crippen molar-refractivity contribution in [2.24, 2.45) is 0 Å². The van der Waals surface area contributed by atoms with Gasteiger partial charge in [0.15, 0.2) is 4.90 Å². The summed E-state index contributed by atoms with van der Waals surface area (Å²) in [7, 11) is 0.402. The Balaban J connectivity index is 3.51. The van der Waals surface area contributed by atoms with E-state index in [0.29, 0.717) is 12.3 Å². The molecule has 0 saturated carbocycles. The van der Waals surface area contributed by atoms with Crippen LogP contribution in [0.25, 0.3) is 0 Å². The molecule has 0 bridgehead atoms. The Morgan fingerprint density at radius 1 is 1.50 bits per heavy atom. The van der Waals surface area contributed by atoms with Crippen LogP contribution in [0.15, 0.2) is 17.2 Å². The first-order valence-electron chi connectivity index (χ1n) is 3.60. The SMILES string of the molecule is O=[N+]([O-])c1cnc(C(F)F)cc1S(=O)(=O)Cl. The zero-order valence-electron chi connectivity index (χ0n) is 7.30. The highest BCUT2D eigenvalue weighted by atomic mass is 35.7. The van der Waals surface area contributed by atoms with Gasteiger partial charge in [0.2, 0.25) is 0 Å². The van der Waals surface area contributed by atoms with E-state index < -0.39 is 36.7 Å². The van der Waals surface area contributed by atoms with Gasteiger partial charge in [-0.25, -0.2) is 22.2 Å².